The minimum absolute atomic E-state index is 0. The first-order valence-electron chi connectivity index (χ1n) is 2.44. The molecule has 0 aliphatic heterocycles. The van der Waals surface area contributed by atoms with Gasteiger partial charge in [0.05, 0.1) is 0 Å². The summed E-state index contributed by atoms with van der Waals surface area (Å²) in [4.78, 5) is 10.0. The summed E-state index contributed by atoms with van der Waals surface area (Å²) in [6.45, 7) is 0. The Bertz CT molecular complexity index is 172. The number of carbonyl (C=O) groups is 1. The van der Waals surface area contributed by atoms with Crippen LogP contribution in [0.3, 0.4) is 0 Å². The van der Waals surface area contributed by atoms with E-state index in [-0.39, 0.29) is 37.7 Å². The molecule has 0 N–H and O–H groups in total. The number of benzene rings is 1. The molecule has 0 bridgehead atoms. The molecule has 1 rings (SSSR count). The van der Waals surface area contributed by atoms with Gasteiger partial charge in [0.25, 0.3) is 0 Å². The zero-order chi connectivity index (χ0) is 5.82. The van der Waals surface area contributed by atoms with E-state index in [0.29, 0.717) is 0 Å². The summed E-state index contributed by atoms with van der Waals surface area (Å²) in [6, 6.07) is 9.10. The molecule has 1 nitrogen and oxygen atoms in total. The predicted octanol–water partition coefficient (Wildman–Crippen LogP) is 1.50. The largest absolute Gasteiger partial charge is 0.298 e. The van der Waals surface area contributed by atoms with Crippen LogP contribution >= 0.6 is 0 Å². The second-order valence-corrected chi connectivity index (χ2v) is 1.53. The van der Waals surface area contributed by atoms with Gasteiger partial charge in [0.15, 0.2) is 0 Å². The van der Waals surface area contributed by atoms with Crippen LogP contribution in [0.5, 0.6) is 0 Å². The second-order valence-electron chi connectivity index (χ2n) is 1.53. The first-order valence-corrected chi connectivity index (χ1v) is 2.44. The fourth-order valence-electron chi connectivity index (χ4n) is 0.532. The molecule has 1 aromatic rings. The Morgan fingerprint density at radius 1 is 1.11 bits per heavy atom. The van der Waals surface area contributed by atoms with Crippen molar-refractivity contribution in [1.29, 1.82) is 0 Å². The third-order valence-electron chi connectivity index (χ3n) is 0.936. The monoisotopic (exact) mass is 146 g/mol. The molecule has 0 atom stereocenters. The molecule has 0 radical (unpaired) electrons. The Labute approximate surface area is 84.1 Å². The molecule has 0 aliphatic rings. The van der Waals surface area contributed by atoms with E-state index in [0.717, 1.165) is 11.8 Å². The number of rotatable bonds is 1. The maximum atomic E-state index is 10.0. The first-order chi connectivity index (χ1) is 3.93. The molecule has 1 aromatic carbocycles. The van der Waals surface area contributed by atoms with E-state index in [9.17, 15) is 4.79 Å². The summed E-state index contributed by atoms with van der Waals surface area (Å²) >= 11 is 0. The van der Waals surface area contributed by atoms with Crippen LogP contribution in [0.2, 0.25) is 0 Å². The summed E-state index contributed by atoms with van der Waals surface area (Å²) in [5.74, 6) is 0. The van der Waals surface area contributed by atoms with E-state index in [1.165, 1.54) is 0 Å². The van der Waals surface area contributed by atoms with Crippen molar-refractivity contribution < 1.29 is 42.5 Å². The van der Waals surface area contributed by atoms with Gasteiger partial charge in [-0.25, -0.2) is 0 Å². The maximum absolute atomic E-state index is 10.0. The number of hydrogen-bond donors (Lipinski definition) is 0. The first kappa shape index (κ1) is 9.15. The molecule has 0 unspecified atom stereocenters. The van der Waals surface area contributed by atoms with Crippen molar-refractivity contribution in [3.63, 3.8) is 0 Å². The number of carbonyl (C=O) groups excluding carboxylic acids is 1. The van der Waals surface area contributed by atoms with Gasteiger partial charge in [0, 0.05) is 43.3 Å². The van der Waals surface area contributed by atoms with Gasteiger partial charge in [-0.2, -0.15) is 0 Å². The van der Waals surface area contributed by atoms with Crippen molar-refractivity contribution in [2.45, 2.75) is 0 Å². The van der Waals surface area contributed by atoms with E-state index in [2.05, 4.69) is 0 Å². The molecule has 0 aromatic heterocycles. The SMILES string of the molecule is O=Cc1ccccc1.[Ar]. The van der Waals surface area contributed by atoms with E-state index < -0.39 is 0 Å². The molecule has 0 spiro atoms. The molecule has 0 aliphatic carbocycles. The normalized spacial score (nSPS) is 7.56. The van der Waals surface area contributed by atoms with Crippen LogP contribution in [0.15, 0.2) is 30.3 Å². The van der Waals surface area contributed by atoms with Crippen LogP contribution in [0.4, 0.5) is 0 Å². The van der Waals surface area contributed by atoms with E-state index in [1.54, 1.807) is 12.1 Å². The number of aldehydes is 1. The summed E-state index contributed by atoms with van der Waals surface area (Å²) in [6.07, 6.45) is 0.833. The molecule has 0 saturated carbocycles. The fraction of sp³-hybridized carbons (Fsp3) is 0. The average molecular weight is 146 g/mol. The summed E-state index contributed by atoms with van der Waals surface area (Å²) in [7, 11) is 0. The molecular formula is C7H6ArO. The molecule has 2 heteroatoms. The standard InChI is InChI=1S/C7H6O.Ar/c8-6-7-4-2-1-3-5-7;/h1-6H;. The van der Waals surface area contributed by atoms with E-state index >= 15 is 0 Å². The van der Waals surface area contributed by atoms with Gasteiger partial charge in [0.2, 0.25) is 0 Å². The van der Waals surface area contributed by atoms with Crippen molar-refractivity contribution in [3.8, 4) is 0 Å². The molecule has 0 heterocycles. The van der Waals surface area contributed by atoms with Gasteiger partial charge >= 0.3 is 0 Å². The Morgan fingerprint density at radius 2 is 1.67 bits per heavy atom. The molecule has 0 fully saturated rings. The third-order valence-corrected chi connectivity index (χ3v) is 0.936. The van der Waals surface area contributed by atoms with Crippen molar-refractivity contribution in [1.82, 2.24) is 0 Å². The summed E-state index contributed by atoms with van der Waals surface area (Å²) < 4.78 is 0. The van der Waals surface area contributed by atoms with Gasteiger partial charge in [-0.15, -0.1) is 0 Å². The zero-order valence-electron chi connectivity index (χ0n) is 4.73. The zero-order valence-corrected chi connectivity index (χ0v) is 5.43. The maximum Gasteiger partial charge on any atom is 0.150 e. The van der Waals surface area contributed by atoms with Crippen LogP contribution in [0, 0.1) is 37.7 Å². The van der Waals surface area contributed by atoms with Gasteiger partial charge in [-0.3, -0.25) is 4.79 Å². The fourth-order valence-corrected chi connectivity index (χ4v) is 0.532. The third kappa shape index (κ3) is 2.99. The Hall–Kier alpha value is 0.150. The molecule has 48 valence electrons. The summed E-state index contributed by atoms with van der Waals surface area (Å²) in [5, 5.41) is 0. The van der Waals surface area contributed by atoms with Crippen molar-refractivity contribution >= 4 is 6.29 Å². The minimum Gasteiger partial charge on any atom is -0.298 e. The van der Waals surface area contributed by atoms with Crippen molar-refractivity contribution in [2.75, 3.05) is 0 Å². The van der Waals surface area contributed by atoms with Crippen LogP contribution in [0.1, 0.15) is 10.4 Å². The van der Waals surface area contributed by atoms with E-state index in [1.807, 2.05) is 18.2 Å². The van der Waals surface area contributed by atoms with Crippen molar-refractivity contribution in [2.24, 2.45) is 0 Å². The minimum atomic E-state index is 0. The Morgan fingerprint density at radius 3 is 2.00 bits per heavy atom. The molecule has 0 saturated heterocycles. The van der Waals surface area contributed by atoms with Crippen molar-refractivity contribution in [3.05, 3.63) is 35.9 Å². The van der Waals surface area contributed by atoms with Gasteiger partial charge in [-0.1, -0.05) is 30.3 Å². The van der Waals surface area contributed by atoms with Gasteiger partial charge in [-0.05, 0) is 0 Å². The molecule has 9 heavy (non-hydrogen) atoms. The van der Waals surface area contributed by atoms with Crippen LogP contribution < -0.4 is 0 Å². The average Bonchev–Trinajstić information content (AvgIpc) is 1.90. The Balaban J connectivity index is 0.000000640. The van der Waals surface area contributed by atoms with Crippen LogP contribution in [0.25, 0.3) is 0 Å². The van der Waals surface area contributed by atoms with Crippen LogP contribution in [-0.2, 0) is 0 Å². The molecule has 0 amide bonds. The topological polar surface area (TPSA) is 17.1 Å². The molecular weight excluding hydrogens is 140 g/mol. The number of hydrogen-bond acceptors (Lipinski definition) is 1. The van der Waals surface area contributed by atoms with Gasteiger partial charge < -0.3 is 0 Å². The van der Waals surface area contributed by atoms with Gasteiger partial charge in [0.1, 0.15) is 6.29 Å². The predicted molar refractivity (Wildman–Crippen MR) is 31.8 cm³/mol. The van der Waals surface area contributed by atoms with E-state index in [4.69, 9.17) is 0 Å². The quantitative estimate of drug-likeness (QED) is 0.548. The Kier molecular flexibility index (Phi) is 5.06. The van der Waals surface area contributed by atoms with Crippen LogP contribution in [-0.4, -0.2) is 6.29 Å². The smallest absolute Gasteiger partial charge is 0.150 e. The summed E-state index contributed by atoms with van der Waals surface area (Å²) in [5.41, 5.74) is 0.729. The second kappa shape index (κ2) is 4.98.